The fourth-order valence-electron chi connectivity index (χ4n) is 5.19. The Morgan fingerprint density at radius 1 is 1.00 bits per heavy atom. The van der Waals surface area contributed by atoms with Crippen LogP contribution in [0, 0.1) is 6.92 Å². The van der Waals surface area contributed by atoms with Crippen molar-refractivity contribution in [2.45, 2.75) is 51.7 Å². The van der Waals surface area contributed by atoms with Gasteiger partial charge >= 0.3 is 6.18 Å². The lowest BCUT2D eigenvalue weighted by Crippen LogP contribution is -2.32. The minimum absolute atomic E-state index is 0.144. The van der Waals surface area contributed by atoms with E-state index in [1.165, 1.54) is 12.1 Å². The number of imidazole rings is 1. The van der Waals surface area contributed by atoms with Crippen molar-refractivity contribution >= 4 is 17.2 Å². The number of hydrogen-bond donors (Lipinski definition) is 1. The van der Waals surface area contributed by atoms with Crippen LogP contribution in [0.15, 0.2) is 66.9 Å². The molecule has 0 spiro atoms. The number of nitrogens with one attached hydrogen (secondary N) is 1. The van der Waals surface area contributed by atoms with Crippen molar-refractivity contribution in [3.63, 3.8) is 0 Å². The van der Waals surface area contributed by atoms with Crippen LogP contribution >= 0.6 is 0 Å². The zero-order chi connectivity index (χ0) is 26.9. The van der Waals surface area contributed by atoms with Crippen LogP contribution in [0.1, 0.15) is 64.1 Å². The number of amides is 1. The van der Waals surface area contributed by atoms with Gasteiger partial charge in [0.2, 0.25) is 0 Å². The number of piperidine rings is 1. The number of hydrogen-bond acceptors (Lipinski definition) is 3. The summed E-state index contributed by atoms with van der Waals surface area (Å²) in [7, 11) is 0. The maximum absolute atomic E-state index is 13.1. The predicted octanol–water partition coefficient (Wildman–Crippen LogP) is 6.54. The molecule has 1 aliphatic rings. The van der Waals surface area contributed by atoms with Gasteiger partial charge in [0, 0.05) is 31.5 Å². The Labute approximate surface area is 220 Å². The Morgan fingerprint density at radius 3 is 2.32 bits per heavy atom. The van der Waals surface area contributed by atoms with Gasteiger partial charge in [0.15, 0.2) is 0 Å². The van der Waals surface area contributed by atoms with E-state index in [1.807, 2.05) is 48.7 Å². The van der Waals surface area contributed by atoms with Crippen molar-refractivity contribution in [2.24, 2.45) is 0 Å². The lowest BCUT2D eigenvalue weighted by Gasteiger charge is -2.34. The summed E-state index contributed by atoms with van der Waals surface area (Å²) in [5.41, 5.74) is 5.67. The molecule has 198 valence electrons. The molecule has 3 heterocycles. The molecule has 0 unspecified atom stereocenters. The molecule has 8 heteroatoms. The maximum Gasteiger partial charge on any atom is 0.416 e. The molecule has 1 fully saturated rings. The van der Waals surface area contributed by atoms with Crippen LogP contribution in [-0.4, -0.2) is 28.4 Å². The molecule has 0 atom stereocenters. The number of aryl methyl sites for hydroxylation is 2. The fourth-order valence-corrected chi connectivity index (χ4v) is 5.19. The number of fused-ring (bicyclic) bond motifs is 1. The standard InChI is InChI=1S/C30H31F3N4O/c1-3-26-28(37-19-20(2)4-13-27(37)35-26)29(38)34-18-21-5-11-25(12-6-21)36-16-14-23(15-17-36)22-7-9-24(10-8-22)30(31,32)33/h4-13,19,23H,3,14-18H2,1-2H3,(H,34,38). The van der Waals surface area contributed by atoms with Gasteiger partial charge < -0.3 is 10.2 Å². The van der Waals surface area contributed by atoms with Crippen LogP contribution in [0.3, 0.4) is 0 Å². The highest BCUT2D eigenvalue weighted by molar-refractivity contribution is 5.94. The molecule has 1 aliphatic heterocycles. The van der Waals surface area contributed by atoms with Gasteiger partial charge in [-0.15, -0.1) is 0 Å². The first kappa shape index (κ1) is 25.8. The SMILES string of the molecule is CCc1nc2ccc(C)cn2c1C(=O)NCc1ccc(N2CCC(c3ccc(C(F)(F)F)cc3)CC2)cc1. The molecule has 4 aromatic rings. The van der Waals surface area contributed by atoms with Crippen molar-refractivity contribution in [1.82, 2.24) is 14.7 Å². The Kier molecular flexibility index (Phi) is 7.15. The van der Waals surface area contributed by atoms with E-state index in [4.69, 9.17) is 0 Å². The first-order valence-corrected chi connectivity index (χ1v) is 13.0. The molecule has 1 amide bonds. The van der Waals surface area contributed by atoms with E-state index in [2.05, 4.69) is 27.3 Å². The van der Waals surface area contributed by atoms with E-state index in [0.717, 1.165) is 59.7 Å². The molecule has 0 saturated carbocycles. The number of benzene rings is 2. The Morgan fingerprint density at radius 2 is 1.68 bits per heavy atom. The van der Waals surface area contributed by atoms with Gasteiger partial charge in [-0.2, -0.15) is 13.2 Å². The number of alkyl halides is 3. The average molecular weight is 521 g/mol. The Hall–Kier alpha value is -3.81. The van der Waals surface area contributed by atoms with E-state index >= 15 is 0 Å². The Balaban J connectivity index is 1.17. The monoisotopic (exact) mass is 520 g/mol. The predicted molar refractivity (Wildman–Crippen MR) is 143 cm³/mol. The number of carbonyl (C=O) groups is 1. The van der Waals surface area contributed by atoms with Crippen LogP contribution < -0.4 is 10.2 Å². The topological polar surface area (TPSA) is 49.6 Å². The van der Waals surface area contributed by atoms with E-state index in [9.17, 15) is 18.0 Å². The smallest absolute Gasteiger partial charge is 0.371 e. The summed E-state index contributed by atoms with van der Waals surface area (Å²) in [5, 5.41) is 3.04. The molecule has 2 aromatic heterocycles. The van der Waals surface area contributed by atoms with Gasteiger partial charge in [-0.3, -0.25) is 9.20 Å². The van der Waals surface area contributed by atoms with E-state index in [0.29, 0.717) is 18.7 Å². The summed E-state index contributed by atoms with van der Waals surface area (Å²) in [6, 6.07) is 17.7. The average Bonchev–Trinajstić information content (AvgIpc) is 3.29. The highest BCUT2D eigenvalue weighted by Crippen LogP contribution is 2.34. The zero-order valence-electron chi connectivity index (χ0n) is 21.6. The molecule has 38 heavy (non-hydrogen) atoms. The molecule has 5 nitrogen and oxygen atoms in total. The highest BCUT2D eigenvalue weighted by Gasteiger charge is 2.30. The Bertz CT molecular complexity index is 1420. The summed E-state index contributed by atoms with van der Waals surface area (Å²) in [4.78, 5) is 20.0. The maximum atomic E-state index is 13.1. The summed E-state index contributed by atoms with van der Waals surface area (Å²) in [6.45, 7) is 6.09. The summed E-state index contributed by atoms with van der Waals surface area (Å²) in [5.74, 6) is 0.119. The number of anilines is 1. The van der Waals surface area contributed by atoms with E-state index in [-0.39, 0.29) is 11.8 Å². The molecule has 0 aliphatic carbocycles. The highest BCUT2D eigenvalue weighted by atomic mass is 19.4. The second-order valence-corrected chi connectivity index (χ2v) is 9.93. The minimum atomic E-state index is -4.30. The van der Waals surface area contributed by atoms with E-state index < -0.39 is 11.7 Å². The quantitative estimate of drug-likeness (QED) is 0.314. The third-order valence-electron chi connectivity index (χ3n) is 7.35. The van der Waals surface area contributed by atoms with Gasteiger partial charge in [0.05, 0.1) is 11.3 Å². The molecule has 2 aromatic carbocycles. The van der Waals surface area contributed by atoms with Gasteiger partial charge in [-0.25, -0.2) is 4.98 Å². The van der Waals surface area contributed by atoms with Crippen LogP contribution in [0.2, 0.25) is 0 Å². The van der Waals surface area contributed by atoms with Crippen molar-refractivity contribution in [3.05, 3.63) is 101 Å². The number of pyridine rings is 1. The fraction of sp³-hybridized carbons (Fsp3) is 0.333. The minimum Gasteiger partial charge on any atom is -0.371 e. The second-order valence-electron chi connectivity index (χ2n) is 9.93. The lowest BCUT2D eigenvalue weighted by molar-refractivity contribution is -0.137. The van der Waals surface area contributed by atoms with Crippen molar-refractivity contribution in [3.8, 4) is 0 Å². The molecular weight excluding hydrogens is 489 g/mol. The van der Waals surface area contributed by atoms with Crippen LogP contribution in [0.25, 0.3) is 5.65 Å². The number of aromatic nitrogens is 2. The van der Waals surface area contributed by atoms with Crippen LogP contribution in [-0.2, 0) is 19.1 Å². The van der Waals surface area contributed by atoms with Crippen LogP contribution in [0.5, 0.6) is 0 Å². The number of carbonyl (C=O) groups excluding carboxylic acids is 1. The molecular formula is C30H31F3N4O. The summed E-state index contributed by atoms with van der Waals surface area (Å²) < 4.78 is 40.4. The van der Waals surface area contributed by atoms with Crippen molar-refractivity contribution in [1.29, 1.82) is 0 Å². The molecule has 0 radical (unpaired) electrons. The molecule has 0 bridgehead atoms. The molecule has 1 N–H and O–H groups in total. The first-order chi connectivity index (χ1) is 18.2. The molecule has 1 saturated heterocycles. The summed E-state index contributed by atoms with van der Waals surface area (Å²) in [6.07, 6.45) is 0.0888. The zero-order valence-corrected chi connectivity index (χ0v) is 21.6. The normalized spacial score (nSPS) is 14.7. The van der Waals surface area contributed by atoms with Gasteiger partial charge in [0.25, 0.3) is 5.91 Å². The number of rotatable bonds is 6. The van der Waals surface area contributed by atoms with Gasteiger partial charge in [-0.1, -0.05) is 37.3 Å². The second kappa shape index (κ2) is 10.5. The van der Waals surface area contributed by atoms with Crippen molar-refractivity contribution < 1.29 is 18.0 Å². The first-order valence-electron chi connectivity index (χ1n) is 13.0. The van der Waals surface area contributed by atoms with Gasteiger partial charge in [0.1, 0.15) is 11.3 Å². The van der Waals surface area contributed by atoms with Gasteiger partial charge in [-0.05, 0) is 79.1 Å². The lowest BCUT2D eigenvalue weighted by atomic mass is 9.88. The van der Waals surface area contributed by atoms with E-state index in [1.54, 1.807) is 12.1 Å². The third-order valence-corrected chi connectivity index (χ3v) is 7.35. The third kappa shape index (κ3) is 5.39. The largest absolute Gasteiger partial charge is 0.416 e. The van der Waals surface area contributed by atoms with Crippen LogP contribution in [0.4, 0.5) is 18.9 Å². The van der Waals surface area contributed by atoms with Crippen molar-refractivity contribution in [2.75, 3.05) is 18.0 Å². The molecule has 5 rings (SSSR count). The number of halogens is 3. The summed E-state index contributed by atoms with van der Waals surface area (Å²) >= 11 is 0. The number of nitrogens with zero attached hydrogens (tertiary/aromatic N) is 3.